The smallest absolute Gasteiger partial charge is 0.317 e. The van der Waals surface area contributed by atoms with Gasteiger partial charge in [0.2, 0.25) is 6.33 Å². The van der Waals surface area contributed by atoms with E-state index in [4.69, 9.17) is 20.4 Å². The molecule has 4 N–H and O–H groups in total. The number of carbonyl (C=O) groups is 4. The van der Waals surface area contributed by atoms with Gasteiger partial charge in [0.25, 0.3) is 0 Å². The fourth-order valence-electron chi connectivity index (χ4n) is 2.45. The van der Waals surface area contributed by atoms with Crippen LogP contribution in [0.15, 0.2) is 18.7 Å². The molecule has 0 aliphatic rings. The highest BCUT2D eigenvalue weighted by atomic mass is 16.4. The van der Waals surface area contributed by atoms with Crippen LogP contribution in [0.4, 0.5) is 0 Å². The predicted octanol–water partition coefficient (Wildman–Crippen LogP) is -0.958. The van der Waals surface area contributed by atoms with Gasteiger partial charge in [-0.25, -0.2) is 9.13 Å². The molecule has 12 heteroatoms. The lowest BCUT2D eigenvalue weighted by Gasteiger charge is -2.23. The van der Waals surface area contributed by atoms with E-state index in [1.54, 1.807) is 0 Å². The molecule has 0 aromatic carbocycles. The summed E-state index contributed by atoms with van der Waals surface area (Å²) >= 11 is 0. The van der Waals surface area contributed by atoms with Crippen molar-refractivity contribution in [1.82, 2.24) is 14.4 Å². The molecule has 0 bridgehead atoms. The Morgan fingerprint density at radius 2 is 1.23 bits per heavy atom. The first-order valence-electron chi connectivity index (χ1n) is 9.36. The van der Waals surface area contributed by atoms with Crippen LogP contribution >= 0.6 is 0 Å². The summed E-state index contributed by atoms with van der Waals surface area (Å²) in [5.74, 6) is -4.91. The SMILES string of the molecule is CCCCn1cc[n+](C)c1.O=C(O)CN(CCN(CC(=O)O)CC(=O)O)CC(=O)O. The van der Waals surface area contributed by atoms with Crippen LogP contribution in [0.3, 0.4) is 0 Å². The summed E-state index contributed by atoms with van der Waals surface area (Å²) in [6.07, 6.45) is 8.82. The molecule has 170 valence electrons. The highest BCUT2D eigenvalue weighted by Crippen LogP contribution is 1.94. The van der Waals surface area contributed by atoms with Gasteiger partial charge in [0.1, 0.15) is 12.4 Å². The Kier molecular flexibility index (Phi) is 13.4. The van der Waals surface area contributed by atoms with Crippen LogP contribution in [0, 0.1) is 0 Å². The third-order valence-electron chi connectivity index (χ3n) is 3.76. The molecule has 1 heterocycles. The molecule has 0 unspecified atom stereocenters. The molecule has 30 heavy (non-hydrogen) atoms. The molecule has 0 saturated carbocycles. The van der Waals surface area contributed by atoms with Gasteiger partial charge >= 0.3 is 23.9 Å². The molecular weight excluding hydrogens is 400 g/mol. The lowest BCUT2D eigenvalue weighted by molar-refractivity contribution is -0.671. The Labute approximate surface area is 174 Å². The second kappa shape index (κ2) is 14.9. The minimum Gasteiger partial charge on any atom is -0.480 e. The highest BCUT2D eigenvalue weighted by molar-refractivity contribution is 5.73. The van der Waals surface area contributed by atoms with Crippen LogP contribution in [0.5, 0.6) is 0 Å². The van der Waals surface area contributed by atoms with E-state index in [1.807, 2.05) is 7.05 Å². The summed E-state index contributed by atoms with van der Waals surface area (Å²) < 4.78 is 4.28. The van der Waals surface area contributed by atoms with Crippen LogP contribution in [0.2, 0.25) is 0 Å². The van der Waals surface area contributed by atoms with Gasteiger partial charge in [-0.3, -0.25) is 29.0 Å². The zero-order valence-electron chi connectivity index (χ0n) is 17.3. The molecule has 0 radical (unpaired) electrons. The summed E-state index contributed by atoms with van der Waals surface area (Å²) in [6, 6.07) is 0. The number of carboxylic acid groups (broad SMARTS) is 4. The van der Waals surface area contributed by atoms with Crippen LogP contribution < -0.4 is 4.57 Å². The first-order chi connectivity index (χ1) is 14.0. The van der Waals surface area contributed by atoms with Crippen LogP contribution in [0.25, 0.3) is 0 Å². The van der Waals surface area contributed by atoms with E-state index in [1.165, 1.54) is 12.8 Å². The largest absolute Gasteiger partial charge is 0.480 e. The number of aliphatic carboxylic acids is 4. The van der Waals surface area contributed by atoms with Gasteiger partial charge in [-0.05, 0) is 6.42 Å². The minimum atomic E-state index is -1.23. The molecule has 0 spiro atoms. The fourth-order valence-corrected chi connectivity index (χ4v) is 2.45. The minimum absolute atomic E-state index is 0.0703. The van der Waals surface area contributed by atoms with Gasteiger partial charge < -0.3 is 20.4 Å². The predicted molar refractivity (Wildman–Crippen MR) is 104 cm³/mol. The van der Waals surface area contributed by atoms with E-state index in [0.29, 0.717) is 0 Å². The van der Waals surface area contributed by atoms with Crippen LogP contribution in [-0.2, 0) is 32.8 Å². The molecule has 0 aliphatic carbocycles. The van der Waals surface area contributed by atoms with Crippen molar-refractivity contribution in [3.05, 3.63) is 18.7 Å². The van der Waals surface area contributed by atoms with Crippen LogP contribution in [0.1, 0.15) is 19.8 Å². The molecule has 0 amide bonds. The maximum absolute atomic E-state index is 10.6. The maximum atomic E-state index is 10.6. The van der Waals surface area contributed by atoms with Crippen molar-refractivity contribution in [2.45, 2.75) is 26.3 Å². The Balaban J connectivity index is 0.000000696. The molecule has 1 rings (SSSR count). The van der Waals surface area contributed by atoms with Crippen molar-refractivity contribution < 1.29 is 44.2 Å². The molecular formula is C18H31N4O8+. The van der Waals surface area contributed by atoms with E-state index >= 15 is 0 Å². The Morgan fingerprint density at radius 3 is 1.50 bits per heavy atom. The molecule has 0 saturated heterocycles. The summed E-state index contributed by atoms with van der Waals surface area (Å²) in [4.78, 5) is 44.4. The Bertz CT molecular complexity index is 623. The molecule has 0 fully saturated rings. The number of unbranched alkanes of at least 4 members (excludes halogenated alkanes) is 1. The van der Waals surface area contributed by atoms with Crippen molar-refractivity contribution in [3.8, 4) is 0 Å². The van der Waals surface area contributed by atoms with Gasteiger partial charge in [0, 0.05) is 13.1 Å². The Morgan fingerprint density at radius 1 is 0.833 bits per heavy atom. The molecule has 12 nitrogen and oxygen atoms in total. The van der Waals surface area contributed by atoms with Gasteiger partial charge in [0.05, 0.1) is 39.8 Å². The third kappa shape index (κ3) is 15.0. The standard InChI is InChI=1S/C10H16N2O8.C8H15N2/c13-7(14)3-11(4-8(15)16)1-2-12(5-9(17)18)6-10(19)20;1-3-4-5-10-7-6-9(2)8-10/h1-6H2,(H,13,14)(H,15,16)(H,17,18)(H,19,20);6-8H,3-5H2,1-2H3/q;+1. The zero-order valence-corrected chi connectivity index (χ0v) is 17.3. The number of rotatable bonds is 14. The molecule has 1 aromatic rings. The van der Waals surface area contributed by atoms with E-state index in [0.717, 1.165) is 16.3 Å². The normalized spacial score (nSPS) is 10.5. The first-order valence-corrected chi connectivity index (χ1v) is 9.36. The van der Waals surface area contributed by atoms with Gasteiger partial charge in [-0.1, -0.05) is 13.3 Å². The number of hydrogen-bond donors (Lipinski definition) is 4. The quantitative estimate of drug-likeness (QED) is 0.270. The van der Waals surface area contributed by atoms with E-state index in [9.17, 15) is 19.2 Å². The molecule has 1 aromatic heterocycles. The third-order valence-corrected chi connectivity index (χ3v) is 3.76. The van der Waals surface area contributed by atoms with Crippen molar-refractivity contribution in [3.63, 3.8) is 0 Å². The van der Waals surface area contributed by atoms with Crippen molar-refractivity contribution in [2.24, 2.45) is 7.05 Å². The molecule has 0 atom stereocenters. The highest BCUT2D eigenvalue weighted by Gasteiger charge is 2.18. The monoisotopic (exact) mass is 431 g/mol. The topological polar surface area (TPSA) is 164 Å². The average molecular weight is 431 g/mol. The number of carboxylic acids is 4. The number of nitrogens with zero attached hydrogens (tertiary/aromatic N) is 4. The van der Waals surface area contributed by atoms with E-state index < -0.39 is 50.1 Å². The number of aromatic nitrogens is 2. The van der Waals surface area contributed by atoms with Crippen molar-refractivity contribution >= 4 is 23.9 Å². The maximum Gasteiger partial charge on any atom is 0.317 e. The zero-order chi connectivity index (χ0) is 23.1. The second-order valence-corrected chi connectivity index (χ2v) is 6.67. The number of aryl methyl sites for hydroxylation is 2. The van der Waals surface area contributed by atoms with E-state index in [-0.39, 0.29) is 13.1 Å². The summed E-state index contributed by atoms with van der Waals surface area (Å²) in [7, 11) is 2.04. The van der Waals surface area contributed by atoms with Crippen LogP contribution in [-0.4, -0.2) is 97.9 Å². The van der Waals surface area contributed by atoms with Gasteiger partial charge in [-0.2, -0.15) is 0 Å². The van der Waals surface area contributed by atoms with Gasteiger partial charge in [0.15, 0.2) is 0 Å². The first kappa shape index (κ1) is 27.0. The van der Waals surface area contributed by atoms with Gasteiger partial charge in [-0.15, -0.1) is 0 Å². The van der Waals surface area contributed by atoms with E-state index in [2.05, 4.69) is 34.8 Å². The molecule has 0 aliphatic heterocycles. The lowest BCUT2D eigenvalue weighted by Crippen LogP contribution is -2.43. The second-order valence-electron chi connectivity index (χ2n) is 6.67. The average Bonchev–Trinajstić information content (AvgIpc) is 3.01. The van der Waals surface area contributed by atoms with Crippen molar-refractivity contribution in [2.75, 3.05) is 39.3 Å². The lowest BCUT2D eigenvalue weighted by atomic mass is 10.3. The fraction of sp³-hybridized carbons (Fsp3) is 0.611. The summed E-state index contributed by atoms with van der Waals surface area (Å²) in [5.41, 5.74) is 0. The number of hydrogen-bond acceptors (Lipinski definition) is 6. The Hall–Kier alpha value is -2.99. The summed E-state index contributed by atoms with van der Waals surface area (Å²) in [6.45, 7) is 1.11. The summed E-state index contributed by atoms with van der Waals surface area (Å²) in [5, 5.41) is 34.5. The number of imidazole rings is 1. The van der Waals surface area contributed by atoms with Crippen molar-refractivity contribution in [1.29, 1.82) is 0 Å².